The molecule has 2 aliphatic heterocycles. The maximum absolute atomic E-state index is 13.8. The van der Waals surface area contributed by atoms with E-state index in [0.29, 0.717) is 50.1 Å². The van der Waals surface area contributed by atoms with Crippen molar-refractivity contribution in [3.05, 3.63) is 83.7 Å². The Labute approximate surface area is 228 Å². The Morgan fingerprint density at radius 2 is 1.97 bits per heavy atom. The lowest BCUT2D eigenvalue weighted by Gasteiger charge is -2.28. The lowest BCUT2D eigenvalue weighted by Crippen LogP contribution is -2.44. The minimum Gasteiger partial charge on any atom is -0.396 e. The van der Waals surface area contributed by atoms with E-state index in [2.05, 4.69) is 10.3 Å². The first kappa shape index (κ1) is 26.8. The molecule has 2 N–H and O–H groups in total. The maximum atomic E-state index is 13.8. The van der Waals surface area contributed by atoms with E-state index in [0.717, 1.165) is 29.8 Å². The third-order valence-electron chi connectivity index (χ3n) is 7.63. The highest BCUT2D eigenvalue weighted by molar-refractivity contribution is 6.07. The van der Waals surface area contributed by atoms with Crippen LogP contribution in [-0.2, 0) is 34.7 Å². The van der Waals surface area contributed by atoms with E-state index >= 15 is 0 Å². The fourth-order valence-electron chi connectivity index (χ4n) is 5.47. The van der Waals surface area contributed by atoms with Crippen LogP contribution >= 0.6 is 0 Å². The summed E-state index contributed by atoms with van der Waals surface area (Å²) in [6.07, 6.45) is 9.24. The van der Waals surface area contributed by atoms with Gasteiger partial charge in [-0.15, -0.1) is 5.10 Å². The minimum atomic E-state index is -1.69. The van der Waals surface area contributed by atoms with Gasteiger partial charge in [0.2, 0.25) is 5.91 Å². The number of fused-ring (bicyclic) bond motifs is 1. The molecule has 39 heavy (non-hydrogen) atoms. The number of hydrogen-bond acceptors (Lipinski definition) is 6. The van der Waals surface area contributed by atoms with Gasteiger partial charge in [0, 0.05) is 55.9 Å². The van der Waals surface area contributed by atoms with Crippen molar-refractivity contribution in [3.63, 3.8) is 0 Å². The number of aromatic nitrogens is 3. The molecule has 1 saturated heterocycles. The summed E-state index contributed by atoms with van der Waals surface area (Å²) in [6, 6.07) is 15.2. The number of aliphatic hydroxyl groups is 2. The zero-order chi connectivity index (χ0) is 27.4. The number of aliphatic hydroxyl groups excluding tert-OH is 1. The van der Waals surface area contributed by atoms with Crippen molar-refractivity contribution in [2.45, 2.75) is 57.7 Å². The van der Waals surface area contributed by atoms with Crippen LogP contribution in [0.15, 0.2) is 66.9 Å². The summed E-state index contributed by atoms with van der Waals surface area (Å²) >= 11 is 0. The van der Waals surface area contributed by atoms with Gasteiger partial charge in [-0.05, 0) is 43.0 Å². The van der Waals surface area contributed by atoms with Gasteiger partial charge in [0.15, 0.2) is 5.60 Å². The van der Waals surface area contributed by atoms with Crippen molar-refractivity contribution in [3.8, 4) is 0 Å². The Hall–Kier alpha value is -3.82. The lowest BCUT2D eigenvalue weighted by atomic mass is 9.83. The number of amides is 2. The van der Waals surface area contributed by atoms with Gasteiger partial charge in [0.05, 0.1) is 17.9 Å². The number of hydrogen-bond donors (Lipinski definition) is 2. The quantitative estimate of drug-likeness (QED) is 0.390. The second-order valence-corrected chi connectivity index (χ2v) is 10.3. The lowest BCUT2D eigenvalue weighted by molar-refractivity contribution is -0.139. The molecule has 2 amide bonds. The van der Waals surface area contributed by atoms with Crippen LogP contribution in [0.3, 0.4) is 0 Å². The molecule has 5 rings (SSSR count). The molecule has 0 unspecified atom stereocenters. The highest BCUT2D eigenvalue weighted by atomic mass is 16.3. The second-order valence-electron chi connectivity index (χ2n) is 10.3. The highest BCUT2D eigenvalue weighted by Crippen LogP contribution is 2.45. The number of aryl methyl sites for hydroxylation is 1. The number of nitrogens with zero attached hydrogens (tertiary/aromatic N) is 5. The normalized spacial score (nSPS) is 20.2. The number of benzene rings is 2. The summed E-state index contributed by atoms with van der Waals surface area (Å²) in [5.74, 6) is -0.690. The first-order chi connectivity index (χ1) is 18.9. The van der Waals surface area contributed by atoms with E-state index in [1.165, 1.54) is 0 Å². The van der Waals surface area contributed by atoms with Gasteiger partial charge in [0.25, 0.3) is 5.91 Å². The summed E-state index contributed by atoms with van der Waals surface area (Å²) in [5.41, 5.74) is 2.10. The van der Waals surface area contributed by atoms with E-state index < -0.39 is 11.5 Å². The van der Waals surface area contributed by atoms with Gasteiger partial charge in [-0.3, -0.25) is 14.3 Å². The van der Waals surface area contributed by atoms with Crippen molar-refractivity contribution >= 4 is 23.2 Å². The first-order valence-corrected chi connectivity index (χ1v) is 13.6. The molecule has 2 aliphatic rings. The number of carbonyl (C=O) groups is 2. The van der Waals surface area contributed by atoms with Crippen LogP contribution in [0.5, 0.6) is 0 Å². The summed E-state index contributed by atoms with van der Waals surface area (Å²) in [6.45, 7) is 3.49. The Morgan fingerprint density at radius 3 is 2.79 bits per heavy atom. The number of para-hydroxylation sites is 1. The number of anilines is 2. The predicted octanol–water partition coefficient (Wildman–Crippen LogP) is 3.35. The van der Waals surface area contributed by atoms with Gasteiger partial charge in [-0.1, -0.05) is 54.6 Å². The van der Waals surface area contributed by atoms with E-state index in [9.17, 15) is 14.7 Å². The smallest absolute Gasteiger partial charge is 0.264 e. The largest absolute Gasteiger partial charge is 0.396 e. The number of rotatable bonds is 10. The molecule has 3 heterocycles. The molecule has 0 radical (unpaired) electrons. The Kier molecular flexibility index (Phi) is 7.90. The van der Waals surface area contributed by atoms with Crippen molar-refractivity contribution in [2.75, 3.05) is 23.0 Å². The molecule has 9 nitrogen and oxygen atoms in total. The van der Waals surface area contributed by atoms with Crippen LogP contribution in [0.1, 0.15) is 49.4 Å². The van der Waals surface area contributed by atoms with Gasteiger partial charge in [-0.25, -0.2) is 0 Å². The van der Waals surface area contributed by atoms with Crippen molar-refractivity contribution in [2.24, 2.45) is 5.92 Å². The fraction of sp³-hybridized carbons (Fsp3) is 0.400. The third-order valence-corrected chi connectivity index (χ3v) is 7.63. The molecule has 0 bridgehead atoms. The van der Waals surface area contributed by atoms with Crippen LogP contribution in [0.4, 0.5) is 11.4 Å². The molecule has 1 fully saturated rings. The summed E-state index contributed by atoms with van der Waals surface area (Å²) in [7, 11) is 0. The molecular formula is C30H35N5O4. The molecule has 0 aliphatic carbocycles. The van der Waals surface area contributed by atoms with Crippen LogP contribution in [0.25, 0.3) is 0 Å². The van der Waals surface area contributed by atoms with Gasteiger partial charge < -0.3 is 20.0 Å². The molecule has 0 saturated carbocycles. The summed E-state index contributed by atoms with van der Waals surface area (Å²) < 4.78 is 1.72. The Bertz CT molecular complexity index is 1370. The number of allylic oxidation sites excluding steroid dienone is 1. The van der Waals surface area contributed by atoms with Crippen LogP contribution < -0.4 is 9.80 Å². The van der Waals surface area contributed by atoms with E-state index in [1.54, 1.807) is 9.58 Å². The van der Waals surface area contributed by atoms with E-state index in [-0.39, 0.29) is 18.4 Å². The van der Waals surface area contributed by atoms with Gasteiger partial charge >= 0.3 is 0 Å². The molecule has 204 valence electrons. The molecule has 3 aromatic rings. The van der Waals surface area contributed by atoms with Gasteiger partial charge in [0.1, 0.15) is 0 Å². The third kappa shape index (κ3) is 5.37. The molecular weight excluding hydrogens is 494 g/mol. The summed E-state index contributed by atoms with van der Waals surface area (Å²) in [4.78, 5) is 29.7. The standard InChI is InChI=1S/C30H35N5O4/c1-22(9-4-6-16-33-21-24(15-18-36)31-32-33)30(39)26-12-2-3-13-27(26)35(29(30)38)20-23-10-8-11-25(19-23)34-17-7-5-14-28(34)37/h2-4,8-13,19,21-22,36,39H,5-7,14-18,20H2,1H3/b9-4+/t22-,30+/m0/s1. The highest BCUT2D eigenvalue weighted by Gasteiger charge is 2.52. The van der Waals surface area contributed by atoms with E-state index in [1.807, 2.05) is 78.7 Å². The van der Waals surface area contributed by atoms with Gasteiger partial charge in [-0.2, -0.15) is 0 Å². The van der Waals surface area contributed by atoms with Crippen molar-refractivity contribution in [1.29, 1.82) is 0 Å². The average molecular weight is 530 g/mol. The molecule has 2 aromatic carbocycles. The maximum Gasteiger partial charge on any atom is 0.264 e. The topological polar surface area (TPSA) is 112 Å². The zero-order valence-corrected chi connectivity index (χ0v) is 22.2. The number of carbonyl (C=O) groups excluding carboxylic acids is 2. The van der Waals surface area contributed by atoms with Crippen LogP contribution in [0, 0.1) is 5.92 Å². The van der Waals surface area contributed by atoms with E-state index in [4.69, 9.17) is 5.11 Å². The molecule has 1 aromatic heterocycles. The second kappa shape index (κ2) is 11.5. The Morgan fingerprint density at radius 1 is 1.13 bits per heavy atom. The molecule has 9 heteroatoms. The van der Waals surface area contributed by atoms with Crippen molar-refractivity contribution in [1.82, 2.24) is 15.0 Å². The molecule has 0 spiro atoms. The number of piperidine rings is 1. The van der Waals surface area contributed by atoms with Crippen LogP contribution in [0.2, 0.25) is 0 Å². The average Bonchev–Trinajstić information content (AvgIpc) is 3.48. The Balaban J connectivity index is 1.31. The monoisotopic (exact) mass is 529 g/mol. The SMILES string of the molecule is C[C@@H](/C=C/CCn1cc(CCO)nn1)[C@]1(O)C(=O)N(Cc2cccc(N3CCCCC3=O)c2)c2ccccc21. The first-order valence-electron chi connectivity index (χ1n) is 13.6. The van der Waals surface area contributed by atoms with Crippen molar-refractivity contribution < 1.29 is 19.8 Å². The van der Waals surface area contributed by atoms with Crippen LogP contribution in [-0.4, -0.2) is 50.2 Å². The molecule has 2 atom stereocenters. The predicted molar refractivity (Wildman–Crippen MR) is 148 cm³/mol. The minimum absolute atomic E-state index is 0.0325. The zero-order valence-electron chi connectivity index (χ0n) is 22.2. The summed E-state index contributed by atoms with van der Waals surface area (Å²) in [5, 5.41) is 29.0. The fourth-order valence-corrected chi connectivity index (χ4v) is 5.47.